The molecule has 0 aromatic carbocycles. The number of Topliss-reactive ketones (excluding diaryl/α,β-unsaturated/α-hetero) is 1. The zero-order valence-corrected chi connectivity index (χ0v) is 18.3. The van der Waals surface area contributed by atoms with Gasteiger partial charge >= 0.3 is 0 Å². The first-order valence-electron chi connectivity index (χ1n) is 10.9. The fourth-order valence-corrected chi connectivity index (χ4v) is 4.53. The number of rotatable bonds is 10. The van der Waals surface area contributed by atoms with Crippen molar-refractivity contribution in [2.75, 3.05) is 13.1 Å². The normalized spacial score (nSPS) is 25.9. The molecule has 2 unspecified atom stereocenters. The van der Waals surface area contributed by atoms with E-state index in [0.717, 1.165) is 17.3 Å². The van der Waals surface area contributed by atoms with Gasteiger partial charge in [-0.05, 0) is 50.7 Å². The highest BCUT2D eigenvalue weighted by Gasteiger charge is 2.37. The Kier molecular flexibility index (Phi) is 8.87. The Labute approximate surface area is 176 Å². The van der Waals surface area contributed by atoms with Gasteiger partial charge in [0.25, 0.3) is 0 Å². The van der Waals surface area contributed by atoms with Crippen LogP contribution in [0.15, 0.2) is 42.2 Å². The molecule has 1 saturated carbocycles. The van der Waals surface area contributed by atoms with Gasteiger partial charge in [-0.1, -0.05) is 45.4 Å². The van der Waals surface area contributed by atoms with E-state index in [0.29, 0.717) is 19.0 Å². The average molecular weight is 400 g/mol. The van der Waals surface area contributed by atoms with Gasteiger partial charge in [0, 0.05) is 24.6 Å². The molecule has 1 fully saturated rings. The van der Waals surface area contributed by atoms with E-state index in [9.17, 15) is 9.59 Å². The number of carbonyl (C=O) groups is 2. The largest absolute Gasteiger partial charge is 0.356 e. The molecule has 1 aliphatic heterocycles. The van der Waals surface area contributed by atoms with Crippen molar-refractivity contribution >= 4 is 17.4 Å². The van der Waals surface area contributed by atoms with Crippen molar-refractivity contribution < 1.29 is 9.59 Å². The molecule has 5 nitrogen and oxygen atoms in total. The van der Waals surface area contributed by atoms with E-state index in [1.807, 2.05) is 18.0 Å². The van der Waals surface area contributed by atoms with Crippen molar-refractivity contribution in [3.8, 4) is 0 Å². The number of hydrazone groups is 1. The second kappa shape index (κ2) is 11.1. The van der Waals surface area contributed by atoms with Crippen molar-refractivity contribution in [3.63, 3.8) is 0 Å². The quantitative estimate of drug-likeness (QED) is 0.551. The van der Waals surface area contributed by atoms with Crippen LogP contribution in [0.2, 0.25) is 0 Å². The Bertz CT molecular complexity index is 672. The lowest BCUT2D eigenvalue weighted by molar-refractivity contribution is -0.130. The molecule has 0 aromatic heterocycles. The predicted molar refractivity (Wildman–Crippen MR) is 119 cm³/mol. The van der Waals surface area contributed by atoms with E-state index in [4.69, 9.17) is 0 Å². The third-order valence-electron chi connectivity index (χ3n) is 6.42. The summed E-state index contributed by atoms with van der Waals surface area (Å²) < 4.78 is 0. The maximum absolute atomic E-state index is 13.1. The average Bonchev–Trinajstić information content (AvgIpc) is 3.09. The molecule has 2 atom stereocenters. The smallest absolute Gasteiger partial charge is 0.224 e. The van der Waals surface area contributed by atoms with Crippen molar-refractivity contribution in [2.45, 2.75) is 59.3 Å². The van der Waals surface area contributed by atoms with Gasteiger partial charge in [-0.3, -0.25) is 9.80 Å². The Morgan fingerprint density at radius 2 is 1.90 bits per heavy atom. The summed E-state index contributed by atoms with van der Waals surface area (Å²) in [7, 11) is 0. The van der Waals surface area contributed by atoms with Crippen LogP contribution in [-0.4, -0.2) is 35.5 Å². The number of nitrogens with zero attached hydrogens (tertiary/aromatic N) is 2. The van der Waals surface area contributed by atoms with E-state index < -0.39 is 0 Å². The molecule has 0 radical (unpaired) electrons. The lowest BCUT2D eigenvalue weighted by Crippen LogP contribution is -2.41. The van der Waals surface area contributed by atoms with E-state index in [1.165, 1.54) is 32.1 Å². The molecule has 2 rings (SSSR count). The summed E-state index contributed by atoms with van der Waals surface area (Å²) in [6, 6.07) is 0. The molecule has 2 aliphatic rings. The molecule has 0 spiro atoms. The van der Waals surface area contributed by atoms with Crippen molar-refractivity contribution in [1.29, 1.82) is 0 Å². The summed E-state index contributed by atoms with van der Waals surface area (Å²) in [4.78, 5) is 25.0. The molecule has 5 heteroatoms. The van der Waals surface area contributed by atoms with Gasteiger partial charge in [0.2, 0.25) is 5.91 Å². The van der Waals surface area contributed by atoms with Gasteiger partial charge in [-0.15, -0.1) is 0 Å². The van der Waals surface area contributed by atoms with E-state index in [1.54, 1.807) is 19.1 Å². The highest BCUT2D eigenvalue weighted by atomic mass is 16.2. The van der Waals surface area contributed by atoms with E-state index in [2.05, 4.69) is 30.5 Å². The van der Waals surface area contributed by atoms with Crippen LogP contribution in [0.1, 0.15) is 59.3 Å². The van der Waals surface area contributed by atoms with Crippen molar-refractivity contribution in [3.05, 3.63) is 37.1 Å². The topological polar surface area (TPSA) is 61.8 Å². The fourth-order valence-electron chi connectivity index (χ4n) is 4.53. The molecule has 160 valence electrons. The molecular formula is C24H37N3O2. The zero-order valence-electron chi connectivity index (χ0n) is 18.3. The first-order chi connectivity index (χ1) is 13.9. The van der Waals surface area contributed by atoms with E-state index in [-0.39, 0.29) is 29.9 Å². The lowest BCUT2D eigenvalue weighted by atomic mass is 9.80. The first kappa shape index (κ1) is 23.1. The molecule has 1 amide bonds. The van der Waals surface area contributed by atoms with Crippen LogP contribution in [0.4, 0.5) is 0 Å². The molecule has 0 bridgehead atoms. The summed E-state index contributed by atoms with van der Waals surface area (Å²) in [5.41, 5.74) is 1.73. The van der Waals surface area contributed by atoms with Crippen LogP contribution in [-0.2, 0) is 9.59 Å². The van der Waals surface area contributed by atoms with Crippen LogP contribution < -0.4 is 5.32 Å². The van der Waals surface area contributed by atoms with Crippen molar-refractivity contribution in [2.24, 2.45) is 28.8 Å². The van der Waals surface area contributed by atoms with Crippen LogP contribution in [0.3, 0.4) is 0 Å². The zero-order chi connectivity index (χ0) is 21.4. The molecular weight excluding hydrogens is 362 g/mol. The third kappa shape index (κ3) is 6.41. The third-order valence-corrected chi connectivity index (χ3v) is 6.42. The lowest BCUT2D eigenvalue weighted by Gasteiger charge is -2.29. The van der Waals surface area contributed by atoms with Gasteiger partial charge in [0.1, 0.15) is 5.78 Å². The minimum Gasteiger partial charge on any atom is -0.356 e. The first-order valence-corrected chi connectivity index (χ1v) is 10.9. The maximum Gasteiger partial charge on any atom is 0.224 e. The van der Waals surface area contributed by atoms with Gasteiger partial charge in [-0.25, -0.2) is 0 Å². The van der Waals surface area contributed by atoms with Gasteiger partial charge in [-0.2, -0.15) is 5.10 Å². The Hall–Kier alpha value is -2.17. The van der Waals surface area contributed by atoms with Gasteiger partial charge in [0.15, 0.2) is 0 Å². The number of amides is 1. The van der Waals surface area contributed by atoms with Gasteiger partial charge < -0.3 is 10.1 Å². The predicted octanol–water partition coefficient (Wildman–Crippen LogP) is 4.48. The minimum absolute atomic E-state index is 0.0212. The number of carbonyl (C=O) groups excluding carboxylic acids is 2. The summed E-state index contributed by atoms with van der Waals surface area (Å²) in [6.07, 6.45) is 11.7. The maximum atomic E-state index is 13.1. The molecule has 1 heterocycles. The van der Waals surface area contributed by atoms with E-state index >= 15 is 0 Å². The second-order valence-electron chi connectivity index (χ2n) is 8.51. The highest BCUT2D eigenvalue weighted by Crippen LogP contribution is 2.31. The Morgan fingerprint density at radius 1 is 1.24 bits per heavy atom. The van der Waals surface area contributed by atoms with Crippen LogP contribution in [0.5, 0.6) is 0 Å². The monoisotopic (exact) mass is 399 g/mol. The minimum atomic E-state index is -0.386. The van der Waals surface area contributed by atoms with Crippen LogP contribution in [0.25, 0.3) is 0 Å². The SMILES string of the molecule is C=C/C=C(\C=C)N1CC(C(CC(C)=O)C(=O)NCC2CCC(CC)CC2)C(C)=N1. The number of allylic oxidation sites excluding steroid dienone is 3. The Balaban J connectivity index is 2.01. The molecule has 0 saturated heterocycles. The molecule has 1 N–H and O–H groups in total. The van der Waals surface area contributed by atoms with Crippen molar-refractivity contribution in [1.82, 2.24) is 10.3 Å². The highest BCUT2D eigenvalue weighted by molar-refractivity contribution is 5.94. The molecule has 1 aliphatic carbocycles. The standard InChI is InChI=1S/C24H37N3O2/c1-6-9-21(8-3)27-16-23(18(5)26-27)22(14-17(4)28)24(29)25-15-20-12-10-19(7-2)11-13-20/h6,8-9,19-20,22-23H,1,3,7,10-16H2,2,4-5H3,(H,25,29)/b21-9+. The number of hydrogen-bond donors (Lipinski definition) is 1. The molecule has 29 heavy (non-hydrogen) atoms. The number of hydrogen-bond acceptors (Lipinski definition) is 4. The number of ketones is 1. The summed E-state index contributed by atoms with van der Waals surface area (Å²) in [5, 5.41) is 9.61. The summed E-state index contributed by atoms with van der Waals surface area (Å²) in [5.74, 6) is 0.944. The number of nitrogens with one attached hydrogen (secondary N) is 1. The summed E-state index contributed by atoms with van der Waals surface area (Å²) >= 11 is 0. The fraction of sp³-hybridized carbons (Fsp3) is 0.625. The van der Waals surface area contributed by atoms with Crippen LogP contribution >= 0.6 is 0 Å². The van der Waals surface area contributed by atoms with Crippen LogP contribution in [0, 0.1) is 23.7 Å². The van der Waals surface area contributed by atoms with Gasteiger partial charge in [0.05, 0.1) is 18.2 Å². The molecule has 0 aromatic rings. The summed E-state index contributed by atoms with van der Waals surface area (Å²) in [6.45, 7) is 14.6. The second-order valence-corrected chi connectivity index (χ2v) is 8.51. The Morgan fingerprint density at radius 3 is 2.45 bits per heavy atom.